The number of nitrogens with zero attached hydrogens (tertiary/aromatic N) is 1. The number of carbonyl (C=O) groups excluding carboxylic acids is 4. The summed E-state index contributed by atoms with van der Waals surface area (Å²) in [7, 11) is 1.58. The van der Waals surface area contributed by atoms with E-state index in [1.807, 2.05) is 30.3 Å². The number of amides is 2. The van der Waals surface area contributed by atoms with Crippen molar-refractivity contribution in [3.05, 3.63) is 35.9 Å². The Morgan fingerprint density at radius 1 is 0.878 bits per heavy atom. The number of ether oxygens (including phenoxy) is 3. The molecule has 49 heavy (non-hydrogen) atoms. The highest BCUT2D eigenvalue weighted by atomic mass is 32.2. The highest BCUT2D eigenvalue weighted by Gasteiger charge is 2.40. The van der Waals surface area contributed by atoms with E-state index in [0.717, 1.165) is 21.3 Å². The first-order valence-corrected chi connectivity index (χ1v) is 20.1. The molecule has 2 atom stereocenters. The van der Waals surface area contributed by atoms with Crippen molar-refractivity contribution in [2.45, 2.75) is 116 Å². The molecule has 0 spiro atoms. The van der Waals surface area contributed by atoms with Gasteiger partial charge in [0.05, 0.1) is 31.2 Å². The molecule has 0 aliphatic carbocycles. The van der Waals surface area contributed by atoms with Crippen LogP contribution in [0.5, 0.6) is 0 Å². The molecule has 2 unspecified atom stereocenters. The van der Waals surface area contributed by atoms with Crippen LogP contribution >= 0.6 is 35.7 Å². The number of rotatable bonds is 26. The topological polar surface area (TPSA) is 108 Å². The van der Waals surface area contributed by atoms with Crippen LogP contribution in [0.2, 0.25) is 0 Å². The quantitative estimate of drug-likeness (QED) is 0.0394. The summed E-state index contributed by atoms with van der Waals surface area (Å²) in [6.45, 7) is 6.77. The monoisotopic (exact) mass is 739 g/mol. The minimum Gasteiger partial charge on any atom is -0.463 e. The fourth-order valence-electron chi connectivity index (χ4n) is 5.49. The van der Waals surface area contributed by atoms with Crippen LogP contribution in [-0.4, -0.2) is 71.6 Å². The standard InChI is InChI=1S/C37H57NO8S3/c1-5-6-7-8-9-10-11-12-13-17-26-48-36(47)49-31(29-18-15-14-16-19-29)27-30(34(41)46-38-32(39)20-21-33(38)40)28-37(2,3)35(42)45-25-24-44-23-22-43-4/h14-16,18-19,30-31H,5-13,17,20-28H2,1-4H3. The minimum atomic E-state index is -1.08. The summed E-state index contributed by atoms with van der Waals surface area (Å²) >= 11 is 9.00. The number of imide groups is 1. The van der Waals surface area contributed by atoms with Crippen LogP contribution in [0.25, 0.3) is 0 Å². The molecular formula is C37H57NO8S3. The van der Waals surface area contributed by atoms with Gasteiger partial charge in [0.15, 0.2) is 0 Å². The van der Waals surface area contributed by atoms with Gasteiger partial charge >= 0.3 is 11.9 Å². The molecule has 2 rings (SSSR count). The third-order valence-corrected chi connectivity index (χ3v) is 11.3. The molecule has 0 aromatic heterocycles. The van der Waals surface area contributed by atoms with Gasteiger partial charge in [-0.15, -0.1) is 16.8 Å². The van der Waals surface area contributed by atoms with Crippen molar-refractivity contribution in [2.24, 2.45) is 11.3 Å². The number of methoxy groups -OCH3 is 1. The molecule has 0 bridgehead atoms. The maximum atomic E-state index is 13.7. The van der Waals surface area contributed by atoms with E-state index in [9.17, 15) is 19.2 Å². The summed E-state index contributed by atoms with van der Waals surface area (Å²) in [5.41, 5.74) is -0.0968. The summed E-state index contributed by atoms with van der Waals surface area (Å²) in [6.07, 6.45) is 13.1. The summed E-state index contributed by atoms with van der Waals surface area (Å²) in [5, 5.41) is 0.341. The van der Waals surface area contributed by atoms with Crippen LogP contribution in [-0.2, 0) is 38.2 Å². The Morgan fingerprint density at radius 2 is 1.47 bits per heavy atom. The van der Waals surface area contributed by atoms with E-state index in [1.54, 1.807) is 32.7 Å². The van der Waals surface area contributed by atoms with Crippen molar-refractivity contribution in [1.82, 2.24) is 5.06 Å². The molecule has 1 saturated heterocycles. The molecule has 0 N–H and O–H groups in total. The fourth-order valence-corrected chi connectivity index (χ4v) is 8.33. The average Bonchev–Trinajstić information content (AvgIpc) is 3.40. The highest BCUT2D eigenvalue weighted by molar-refractivity contribution is 8.47. The number of hydrogen-bond donors (Lipinski definition) is 0. The van der Waals surface area contributed by atoms with Crippen LogP contribution in [0.4, 0.5) is 0 Å². The lowest BCUT2D eigenvalue weighted by atomic mass is 9.80. The molecule has 0 saturated carbocycles. The fraction of sp³-hybridized carbons (Fsp3) is 0.703. The molecule has 1 fully saturated rings. The van der Waals surface area contributed by atoms with Crippen LogP contribution < -0.4 is 0 Å². The summed E-state index contributed by atoms with van der Waals surface area (Å²) in [6, 6.07) is 9.79. The van der Waals surface area contributed by atoms with Gasteiger partial charge in [0.1, 0.15) is 10.1 Å². The lowest BCUT2D eigenvalue weighted by Gasteiger charge is -2.29. The molecule has 1 aliphatic rings. The first-order valence-electron chi connectivity index (χ1n) is 17.8. The number of hydrogen-bond acceptors (Lipinski definition) is 11. The van der Waals surface area contributed by atoms with E-state index < -0.39 is 35.1 Å². The number of hydroxylamine groups is 2. The van der Waals surface area contributed by atoms with Gasteiger partial charge in [-0.25, -0.2) is 4.79 Å². The van der Waals surface area contributed by atoms with E-state index in [1.165, 1.54) is 69.5 Å². The van der Waals surface area contributed by atoms with Gasteiger partial charge in [-0.1, -0.05) is 119 Å². The zero-order chi connectivity index (χ0) is 35.9. The molecule has 276 valence electrons. The molecule has 1 aromatic rings. The van der Waals surface area contributed by atoms with E-state index in [2.05, 4.69) is 6.92 Å². The van der Waals surface area contributed by atoms with Crippen LogP contribution in [0.1, 0.15) is 121 Å². The lowest BCUT2D eigenvalue weighted by Crippen LogP contribution is -2.38. The van der Waals surface area contributed by atoms with E-state index in [0.29, 0.717) is 18.3 Å². The molecule has 1 aliphatic heterocycles. The smallest absolute Gasteiger partial charge is 0.336 e. The molecule has 1 aromatic carbocycles. The second-order valence-electron chi connectivity index (χ2n) is 13.1. The second kappa shape index (κ2) is 25.0. The van der Waals surface area contributed by atoms with Gasteiger partial charge in [-0.05, 0) is 44.4 Å². The average molecular weight is 740 g/mol. The predicted octanol–water partition coefficient (Wildman–Crippen LogP) is 8.64. The molecule has 0 radical (unpaired) electrons. The summed E-state index contributed by atoms with van der Waals surface area (Å²) < 4.78 is 16.6. The van der Waals surface area contributed by atoms with Crippen molar-refractivity contribution in [1.29, 1.82) is 0 Å². The third-order valence-electron chi connectivity index (χ3n) is 8.35. The zero-order valence-corrected chi connectivity index (χ0v) is 32.4. The van der Waals surface area contributed by atoms with E-state index >= 15 is 0 Å². The number of thiocarbonyl (C=S) groups is 1. The van der Waals surface area contributed by atoms with Gasteiger partial charge in [0.2, 0.25) is 0 Å². The van der Waals surface area contributed by atoms with Gasteiger partial charge < -0.3 is 19.0 Å². The van der Waals surface area contributed by atoms with Crippen molar-refractivity contribution < 1.29 is 38.2 Å². The zero-order valence-electron chi connectivity index (χ0n) is 29.9. The van der Waals surface area contributed by atoms with Crippen LogP contribution in [0.15, 0.2) is 30.3 Å². The van der Waals surface area contributed by atoms with E-state index in [4.69, 9.17) is 31.3 Å². The lowest BCUT2D eigenvalue weighted by molar-refractivity contribution is -0.201. The first-order chi connectivity index (χ1) is 23.6. The van der Waals surface area contributed by atoms with Gasteiger partial charge in [0, 0.05) is 25.2 Å². The Bertz CT molecular complexity index is 1130. The number of esters is 1. The Kier molecular flexibility index (Phi) is 22.1. The van der Waals surface area contributed by atoms with Gasteiger partial charge in [0.25, 0.3) is 11.8 Å². The van der Waals surface area contributed by atoms with Crippen LogP contribution in [0, 0.1) is 11.3 Å². The first kappa shape index (κ1) is 43.2. The normalized spacial score (nSPS) is 14.6. The molecule has 1 heterocycles. The molecular weight excluding hydrogens is 683 g/mol. The predicted molar refractivity (Wildman–Crippen MR) is 201 cm³/mol. The van der Waals surface area contributed by atoms with Crippen molar-refractivity contribution >= 4 is 63.0 Å². The Hall–Kier alpha value is -1.99. The SMILES string of the molecule is CCCCCCCCCCCCSC(=S)SC(CC(CC(C)(C)C(=O)OCCOCCOC)C(=O)ON1C(=O)CCC1=O)c1ccccc1. The number of benzene rings is 1. The maximum Gasteiger partial charge on any atom is 0.336 e. The highest BCUT2D eigenvalue weighted by Crippen LogP contribution is 2.42. The van der Waals surface area contributed by atoms with Gasteiger partial charge in [-0.2, -0.15) is 0 Å². The Balaban J connectivity index is 2.05. The Morgan fingerprint density at radius 3 is 2.08 bits per heavy atom. The Labute approximate surface area is 307 Å². The van der Waals surface area contributed by atoms with Gasteiger partial charge in [-0.3, -0.25) is 14.4 Å². The minimum absolute atomic E-state index is 0.00587. The molecule has 9 nitrogen and oxygen atoms in total. The second-order valence-corrected chi connectivity index (χ2v) is 16.6. The largest absolute Gasteiger partial charge is 0.463 e. The summed E-state index contributed by atoms with van der Waals surface area (Å²) in [5.74, 6) is -2.24. The summed E-state index contributed by atoms with van der Waals surface area (Å²) in [4.78, 5) is 56.9. The van der Waals surface area contributed by atoms with Crippen molar-refractivity contribution in [3.8, 4) is 0 Å². The number of thioether (sulfide) groups is 2. The van der Waals surface area contributed by atoms with E-state index in [-0.39, 0.29) is 44.1 Å². The molecule has 2 amide bonds. The number of carbonyl (C=O) groups is 4. The van der Waals surface area contributed by atoms with Crippen molar-refractivity contribution in [3.63, 3.8) is 0 Å². The van der Waals surface area contributed by atoms with Crippen molar-refractivity contribution in [2.75, 3.05) is 39.3 Å². The molecule has 12 heteroatoms. The van der Waals surface area contributed by atoms with Crippen LogP contribution in [0.3, 0.4) is 0 Å². The maximum absolute atomic E-state index is 13.7. The third kappa shape index (κ3) is 17.7. The number of unbranched alkanes of at least 4 members (excludes halogenated alkanes) is 9.